The summed E-state index contributed by atoms with van der Waals surface area (Å²) >= 11 is 0. The molecule has 0 unspecified atom stereocenters. The first-order valence-electron chi connectivity index (χ1n) is 7.33. The normalized spacial score (nSPS) is 10.7. The molecule has 23 heavy (non-hydrogen) atoms. The van der Waals surface area contributed by atoms with Crippen molar-refractivity contribution in [3.05, 3.63) is 69.3 Å². The third-order valence-electron chi connectivity index (χ3n) is 3.70. The van der Waals surface area contributed by atoms with Crippen molar-refractivity contribution in [2.24, 2.45) is 0 Å². The molecule has 0 aliphatic carbocycles. The molecule has 3 rings (SSSR count). The minimum absolute atomic E-state index is 0.0809. The Morgan fingerprint density at radius 1 is 1.00 bits per heavy atom. The van der Waals surface area contributed by atoms with E-state index in [2.05, 4.69) is 42.3 Å². The van der Waals surface area contributed by atoms with Crippen molar-refractivity contribution >= 4 is 28.1 Å². The van der Waals surface area contributed by atoms with Gasteiger partial charge in [-0.05, 0) is 61.7 Å². The minimum atomic E-state index is -0.388. The number of pyridine rings is 1. The van der Waals surface area contributed by atoms with Gasteiger partial charge >= 0.3 is 0 Å². The van der Waals surface area contributed by atoms with Gasteiger partial charge in [-0.2, -0.15) is 0 Å². The molecule has 0 saturated carbocycles. The summed E-state index contributed by atoms with van der Waals surface area (Å²) in [5.74, 6) is 0.730. The zero-order valence-corrected chi connectivity index (χ0v) is 13.3. The van der Waals surface area contributed by atoms with Gasteiger partial charge in [-0.1, -0.05) is 6.07 Å². The molecule has 5 nitrogen and oxygen atoms in total. The fourth-order valence-electron chi connectivity index (χ4n) is 2.75. The molecule has 5 heteroatoms. The van der Waals surface area contributed by atoms with E-state index in [0.717, 1.165) is 28.0 Å². The van der Waals surface area contributed by atoms with Crippen LogP contribution in [0.3, 0.4) is 0 Å². The van der Waals surface area contributed by atoms with Gasteiger partial charge in [-0.3, -0.25) is 10.1 Å². The van der Waals surface area contributed by atoms with Gasteiger partial charge in [0.1, 0.15) is 5.82 Å². The summed E-state index contributed by atoms with van der Waals surface area (Å²) in [6.07, 6.45) is 0. The quantitative estimate of drug-likeness (QED) is 0.557. The number of hydrogen-bond donors (Lipinski definition) is 1. The van der Waals surface area contributed by atoms with Gasteiger partial charge in [0.15, 0.2) is 0 Å². The standard InChI is InChI=1S/C18H17N3O2/c1-11-6-12(2)8-14(7-11)19-18-9-13(3)16-10-15(21(22)23)4-5-17(16)20-18/h4-10H,1-3H3,(H,19,20). The number of rotatable bonds is 3. The molecule has 1 heterocycles. The lowest BCUT2D eigenvalue weighted by molar-refractivity contribution is -0.384. The maximum absolute atomic E-state index is 10.9. The number of aryl methyl sites for hydroxylation is 3. The van der Waals surface area contributed by atoms with Gasteiger partial charge in [-0.25, -0.2) is 4.98 Å². The second kappa shape index (κ2) is 5.68. The molecule has 1 aromatic heterocycles. The largest absolute Gasteiger partial charge is 0.340 e. The first kappa shape index (κ1) is 15.0. The van der Waals surface area contributed by atoms with Gasteiger partial charge in [0, 0.05) is 23.2 Å². The summed E-state index contributed by atoms with van der Waals surface area (Å²) < 4.78 is 0. The maximum atomic E-state index is 10.9. The molecule has 0 atom stereocenters. The Bertz CT molecular complexity index is 899. The summed E-state index contributed by atoms with van der Waals surface area (Å²) in [4.78, 5) is 15.1. The van der Waals surface area contributed by atoms with Crippen molar-refractivity contribution in [1.82, 2.24) is 4.98 Å². The summed E-state index contributed by atoms with van der Waals surface area (Å²) in [6.45, 7) is 6.03. The highest BCUT2D eigenvalue weighted by Gasteiger charge is 2.10. The Balaban J connectivity index is 2.02. The topological polar surface area (TPSA) is 68.1 Å². The van der Waals surface area contributed by atoms with E-state index in [1.807, 2.05) is 13.0 Å². The fraction of sp³-hybridized carbons (Fsp3) is 0.167. The lowest BCUT2D eigenvalue weighted by Crippen LogP contribution is -1.97. The van der Waals surface area contributed by atoms with Crippen LogP contribution in [-0.4, -0.2) is 9.91 Å². The Morgan fingerprint density at radius 3 is 2.35 bits per heavy atom. The van der Waals surface area contributed by atoms with E-state index < -0.39 is 0 Å². The zero-order valence-electron chi connectivity index (χ0n) is 13.3. The van der Waals surface area contributed by atoms with Crippen LogP contribution in [0.5, 0.6) is 0 Å². The van der Waals surface area contributed by atoms with Crippen LogP contribution in [0, 0.1) is 30.9 Å². The number of nitrogens with zero attached hydrogens (tertiary/aromatic N) is 2. The van der Waals surface area contributed by atoms with Gasteiger partial charge in [0.2, 0.25) is 0 Å². The van der Waals surface area contributed by atoms with Gasteiger partial charge in [-0.15, -0.1) is 0 Å². The van der Waals surface area contributed by atoms with Crippen LogP contribution in [-0.2, 0) is 0 Å². The van der Waals surface area contributed by atoms with E-state index >= 15 is 0 Å². The Morgan fingerprint density at radius 2 is 1.70 bits per heavy atom. The van der Waals surface area contributed by atoms with Crippen LogP contribution >= 0.6 is 0 Å². The molecule has 0 aliphatic rings. The van der Waals surface area contributed by atoms with Crippen LogP contribution < -0.4 is 5.32 Å². The van der Waals surface area contributed by atoms with E-state index in [1.165, 1.54) is 17.2 Å². The maximum Gasteiger partial charge on any atom is 0.270 e. The molecule has 0 bridgehead atoms. The number of benzene rings is 2. The first-order valence-corrected chi connectivity index (χ1v) is 7.33. The molecule has 0 spiro atoms. The van der Waals surface area contributed by atoms with Crippen molar-refractivity contribution in [1.29, 1.82) is 0 Å². The minimum Gasteiger partial charge on any atom is -0.340 e. The predicted molar refractivity (Wildman–Crippen MR) is 92.3 cm³/mol. The van der Waals surface area contributed by atoms with Crippen LogP contribution in [0.15, 0.2) is 42.5 Å². The second-order valence-corrected chi connectivity index (χ2v) is 5.78. The molecule has 3 aromatic rings. The third kappa shape index (κ3) is 3.13. The summed E-state index contributed by atoms with van der Waals surface area (Å²) in [7, 11) is 0. The average molecular weight is 307 g/mol. The number of nitro groups is 1. The highest BCUT2D eigenvalue weighted by molar-refractivity contribution is 5.86. The van der Waals surface area contributed by atoms with Crippen molar-refractivity contribution in [3.8, 4) is 0 Å². The summed E-state index contributed by atoms with van der Waals surface area (Å²) in [6, 6.07) is 12.9. The fourth-order valence-corrected chi connectivity index (χ4v) is 2.75. The van der Waals surface area contributed by atoms with E-state index in [0.29, 0.717) is 0 Å². The lowest BCUT2D eigenvalue weighted by atomic mass is 10.1. The van der Waals surface area contributed by atoms with Crippen LogP contribution in [0.1, 0.15) is 16.7 Å². The zero-order chi connectivity index (χ0) is 16.6. The SMILES string of the molecule is Cc1cc(C)cc(Nc2cc(C)c3cc([N+](=O)[O-])ccc3n2)c1. The van der Waals surface area contributed by atoms with Crippen molar-refractivity contribution in [2.45, 2.75) is 20.8 Å². The monoisotopic (exact) mass is 307 g/mol. The number of nitrogens with one attached hydrogen (secondary N) is 1. The van der Waals surface area contributed by atoms with Crippen LogP contribution in [0.25, 0.3) is 10.9 Å². The van der Waals surface area contributed by atoms with E-state index in [4.69, 9.17) is 0 Å². The Labute approximate surface area is 134 Å². The molecule has 0 amide bonds. The predicted octanol–water partition coefficient (Wildman–Crippen LogP) is 4.81. The molecule has 0 radical (unpaired) electrons. The number of anilines is 2. The molecule has 0 aliphatic heterocycles. The smallest absolute Gasteiger partial charge is 0.270 e. The van der Waals surface area contributed by atoms with E-state index in [1.54, 1.807) is 12.1 Å². The number of aromatic nitrogens is 1. The first-order chi connectivity index (χ1) is 10.9. The van der Waals surface area contributed by atoms with Crippen molar-refractivity contribution in [2.75, 3.05) is 5.32 Å². The highest BCUT2D eigenvalue weighted by Crippen LogP contribution is 2.26. The van der Waals surface area contributed by atoms with Crippen molar-refractivity contribution in [3.63, 3.8) is 0 Å². The molecule has 0 fully saturated rings. The number of fused-ring (bicyclic) bond motifs is 1. The lowest BCUT2D eigenvalue weighted by Gasteiger charge is -2.10. The average Bonchev–Trinajstić information content (AvgIpc) is 2.45. The van der Waals surface area contributed by atoms with E-state index in [9.17, 15) is 10.1 Å². The van der Waals surface area contributed by atoms with Gasteiger partial charge in [0.25, 0.3) is 5.69 Å². The molecule has 116 valence electrons. The van der Waals surface area contributed by atoms with Gasteiger partial charge in [0.05, 0.1) is 10.4 Å². The second-order valence-electron chi connectivity index (χ2n) is 5.78. The Kier molecular flexibility index (Phi) is 3.70. The van der Waals surface area contributed by atoms with E-state index in [-0.39, 0.29) is 10.6 Å². The molecular formula is C18H17N3O2. The summed E-state index contributed by atoms with van der Waals surface area (Å²) in [5, 5.41) is 15.0. The molecule has 2 aromatic carbocycles. The number of non-ortho nitro benzene ring substituents is 1. The highest BCUT2D eigenvalue weighted by atomic mass is 16.6. The summed E-state index contributed by atoms with van der Waals surface area (Å²) in [5.41, 5.74) is 5.11. The number of nitro benzene ring substituents is 1. The third-order valence-corrected chi connectivity index (χ3v) is 3.70. The molecule has 1 N–H and O–H groups in total. The number of hydrogen-bond acceptors (Lipinski definition) is 4. The van der Waals surface area contributed by atoms with Crippen LogP contribution in [0.4, 0.5) is 17.2 Å². The van der Waals surface area contributed by atoms with Crippen molar-refractivity contribution < 1.29 is 4.92 Å². The Hall–Kier alpha value is -2.95. The van der Waals surface area contributed by atoms with Crippen LogP contribution in [0.2, 0.25) is 0 Å². The van der Waals surface area contributed by atoms with Gasteiger partial charge < -0.3 is 5.32 Å². The molecule has 0 saturated heterocycles. The molecular weight excluding hydrogens is 290 g/mol.